The van der Waals surface area contributed by atoms with Gasteiger partial charge in [0.2, 0.25) is 11.8 Å². The Morgan fingerprint density at radius 2 is 1.64 bits per heavy atom. The quantitative estimate of drug-likeness (QED) is 0.625. The molecule has 36 heavy (non-hydrogen) atoms. The fourth-order valence-electron chi connectivity index (χ4n) is 8.24. The Balaban J connectivity index is 0.988. The van der Waals surface area contributed by atoms with Crippen LogP contribution in [0.25, 0.3) is 10.1 Å². The summed E-state index contributed by atoms with van der Waals surface area (Å²) in [7, 11) is 0. The number of likely N-dealkylation sites (tertiary alicyclic amines) is 1. The van der Waals surface area contributed by atoms with Gasteiger partial charge in [-0.25, -0.2) is 0 Å². The van der Waals surface area contributed by atoms with Crippen LogP contribution in [0, 0.1) is 35.5 Å². The van der Waals surface area contributed by atoms with Crippen molar-refractivity contribution in [2.45, 2.75) is 44.6 Å². The molecule has 1 aromatic carbocycles. The summed E-state index contributed by atoms with van der Waals surface area (Å²) in [5, 5.41) is 11.6. The van der Waals surface area contributed by atoms with E-state index in [0.29, 0.717) is 24.8 Å². The lowest BCUT2D eigenvalue weighted by Crippen LogP contribution is -2.49. The molecule has 2 saturated heterocycles. The van der Waals surface area contributed by atoms with Gasteiger partial charge in [0.15, 0.2) is 0 Å². The van der Waals surface area contributed by atoms with E-state index in [-0.39, 0.29) is 35.5 Å². The van der Waals surface area contributed by atoms with E-state index in [2.05, 4.69) is 34.1 Å². The fraction of sp³-hybridized carbons (Fsp3) is 0.679. The summed E-state index contributed by atoms with van der Waals surface area (Å²) in [5.74, 6) is 1.97. The van der Waals surface area contributed by atoms with Gasteiger partial charge in [-0.3, -0.25) is 19.4 Å². The molecule has 1 aromatic heterocycles. The van der Waals surface area contributed by atoms with Crippen molar-refractivity contribution in [2.24, 2.45) is 35.5 Å². The standard InChI is InChI=1S/C28H36N4O3S/c33-22-14-19-13-21(22)25-24(19)27(34)32(28(25)35)16-18-6-2-1-5-17(18)15-30-9-11-31(12-10-30)26-20-7-3-4-8-23(20)36-29-26/h3-4,7-8,17-19,21-22,24-25,33H,1-2,5-6,9-16H2/t17-,18-,19+,21-,22+,24-,25+/m0/s1. The first-order valence-corrected chi connectivity index (χ1v) is 14.7. The van der Waals surface area contributed by atoms with E-state index in [9.17, 15) is 14.7 Å². The van der Waals surface area contributed by atoms with Gasteiger partial charge in [-0.2, -0.15) is 4.37 Å². The van der Waals surface area contributed by atoms with Gasteiger partial charge < -0.3 is 10.0 Å². The number of anilines is 1. The number of nitrogens with zero attached hydrogens (tertiary/aromatic N) is 4. The summed E-state index contributed by atoms with van der Waals surface area (Å²) in [6, 6.07) is 8.49. The van der Waals surface area contributed by atoms with Gasteiger partial charge in [0.05, 0.1) is 22.6 Å². The second kappa shape index (κ2) is 9.07. The Morgan fingerprint density at radius 3 is 2.44 bits per heavy atom. The largest absolute Gasteiger partial charge is 0.393 e. The average Bonchev–Trinajstić information content (AvgIpc) is 3.64. The number of carbonyl (C=O) groups is 2. The maximum atomic E-state index is 13.3. The van der Waals surface area contributed by atoms with Crippen molar-refractivity contribution < 1.29 is 14.7 Å². The molecule has 0 unspecified atom stereocenters. The number of hydrogen-bond donors (Lipinski definition) is 1. The van der Waals surface area contributed by atoms with Crippen LogP contribution >= 0.6 is 11.5 Å². The summed E-state index contributed by atoms with van der Waals surface area (Å²) < 4.78 is 6.00. The summed E-state index contributed by atoms with van der Waals surface area (Å²) >= 11 is 1.58. The minimum absolute atomic E-state index is 0.00901. The van der Waals surface area contributed by atoms with Crippen molar-refractivity contribution in [3.8, 4) is 0 Å². The highest BCUT2D eigenvalue weighted by atomic mass is 32.1. The molecule has 192 valence electrons. The number of amides is 2. The maximum Gasteiger partial charge on any atom is 0.233 e. The number of carbonyl (C=O) groups excluding carboxylic acids is 2. The number of aliphatic hydroxyl groups is 1. The van der Waals surface area contributed by atoms with Crippen LogP contribution in [0.1, 0.15) is 38.5 Å². The Bertz CT molecular complexity index is 1160. The number of aromatic nitrogens is 1. The minimum Gasteiger partial charge on any atom is -0.393 e. The van der Waals surface area contributed by atoms with Crippen LogP contribution in [-0.2, 0) is 9.59 Å². The summed E-state index contributed by atoms with van der Waals surface area (Å²) in [5.41, 5.74) is 0. The van der Waals surface area contributed by atoms with Gasteiger partial charge in [-0.15, -0.1) is 0 Å². The van der Waals surface area contributed by atoms with Gasteiger partial charge in [0.1, 0.15) is 5.82 Å². The van der Waals surface area contributed by atoms with Crippen molar-refractivity contribution in [3.63, 3.8) is 0 Å². The molecule has 2 aromatic rings. The molecule has 7 rings (SSSR count). The van der Waals surface area contributed by atoms with Crippen molar-refractivity contribution in [3.05, 3.63) is 24.3 Å². The van der Waals surface area contributed by atoms with Gasteiger partial charge in [0.25, 0.3) is 0 Å². The monoisotopic (exact) mass is 508 g/mol. The van der Waals surface area contributed by atoms with Crippen molar-refractivity contribution in [1.29, 1.82) is 0 Å². The van der Waals surface area contributed by atoms with E-state index in [1.54, 1.807) is 16.4 Å². The number of aliphatic hydroxyl groups excluding tert-OH is 1. The lowest BCUT2D eigenvalue weighted by Gasteiger charge is -2.40. The second-order valence-corrected chi connectivity index (χ2v) is 12.7. The maximum absolute atomic E-state index is 13.3. The van der Waals surface area contributed by atoms with E-state index in [0.717, 1.165) is 51.4 Å². The molecule has 5 aliphatic rings. The first kappa shape index (κ1) is 23.1. The van der Waals surface area contributed by atoms with Gasteiger partial charge in [0, 0.05) is 44.7 Å². The number of piperazine rings is 1. The molecular weight excluding hydrogens is 472 g/mol. The van der Waals surface area contributed by atoms with Crippen molar-refractivity contribution in [1.82, 2.24) is 14.2 Å². The number of benzene rings is 1. The summed E-state index contributed by atoms with van der Waals surface area (Å²) in [4.78, 5) is 33.3. The predicted molar refractivity (Wildman–Crippen MR) is 140 cm³/mol. The van der Waals surface area contributed by atoms with E-state index in [1.807, 2.05) is 0 Å². The van der Waals surface area contributed by atoms with E-state index in [1.165, 1.54) is 29.3 Å². The highest BCUT2D eigenvalue weighted by molar-refractivity contribution is 7.13. The van der Waals surface area contributed by atoms with Crippen LogP contribution in [0.2, 0.25) is 0 Å². The Morgan fingerprint density at radius 1 is 0.917 bits per heavy atom. The van der Waals surface area contributed by atoms with E-state index < -0.39 is 6.10 Å². The topological polar surface area (TPSA) is 77.0 Å². The molecule has 5 fully saturated rings. The summed E-state index contributed by atoms with van der Waals surface area (Å²) in [6.07, 6.45) is 5.90. The third-order valence-electron chi connectivity index (χ3n) is 10.1. The molecule has 2 aliphatic heterocycles. The third-order valence-corrected chi connectivity index (χ3v) is 10.9. The normalized spacial score (nSPS) is 36.9. The van der Waals surface area contributed by atoms with Crippen LogP contribution in [0.15, 0.2) is 24.3 Å². The molecule has 0 radical (unpaired) electrons. The molecule has 7 nitrogen and oxygen atoms in total. The molecule has 0 spiro atoms. The van der Waals surface area contributed by atoms with Gasteiger partial charge in [-0.05, 0) is 73.0 Å². The zero-order chi connectivity index (χ0) is 24.4. The van der Waals surface area contributed by atoms with Gasteiger partial charge in [-0.1, -0.05) is 25.0 Å². The molecule has 3 heterocycles. The van der Waals surface area contributed by atoms with Crippen LogP contribution in [0.3, 0.4) is 0 Å². The molecule has 1 N–H and O–H groups in total. The SMILES string of the molecule is O=C1[C@@H]2[C@H]3C[C@H](C[C@H]3O)[C@@H]2C(=O)N1C[C@@H]1CCCC[C@H]1CN1CCN(c2nsc3ccccc23)CC1. The van der Waals surface area contributed by atoms with Crippen molar-refractivity contribution >= 4 is 39.3 Å². The number of rotatable bonds is 5. The molecular formula is C28H36N4O3S. The number of imide groups is 1. The molecule has 3 saturated carbocycles. The molecule has 3 aliphatic carbocycles. The summed E-state index contributed by atoms with van der Waals surface area (Å²) in [6.45, 7) is 5.69. The second-order valence-electron chi connectivity index (χ2n) is 11.9. The lowest BCUT2D eigenvalue weighted by atomic mass is 9.78. The van der Waals surface area contributed by atoms with Crippen molar-refractivity contribution in [2.75, 3.05) is 44.2 Å². The zero-order valence-corrected chi connectivity index (χ0v) is 21.6. The lowest BCUT2D eigenvalue weighted by molar-refractivity contribution is -0.142. The molecule has 8 heteroatoms. The average molecular weight is 509 g/mol. The Hall–Kier alpha value is -2.03. The Kier molecular flexibility index (Phi) is 5.82. The molecule has 2 amide bonds. The van der Waals surface area contributed by atoms with Crippen LogP contribution in [0.5, 0.6) is 0 Å². The molecule has 2 bridgehead atoms. The highest BCUT2D eigenvalue weighted by Gasteiger charge is 2.63. The smallest absolute Gasteiger partial charge is 0.233 e. The third kappa shape index (κ3) is 3.71. The van der Waals surface area contributed by atoms with Gasteiger partial charge >= 0.3 is 0 Å². The Labute approximate surface area is 216 Å². The van der Waals surface area contributed by atoms with E-state index in [4.69, 9.17) is 4.37 Å². The zero-order valence-electron chi connectivity index (χ0n) is 20.8. The molecule has 7 atom stereocenters. The highest BCUT2D eigenvalue weighted by Crippen LogP contribution is 2.56. The predicted octanol–water partition coefficient (Wildman–Crippen LogP) is 3.23. The van der Waals surface area contributed by atoms with Crippen LogP contribution in [-0.4, -0.2) is 76.5 Å². The number of hydrogen-bond acceptors (Lipinski definition) is 7. The number of fused-ring (bicyclic) bond motifs is 6. The minimum atomic E-state index is -0.392. The first-order valence-electron chi connectivity index (χ1n) is 13.9. The van der Waals surface area contributed by atoms with Crippen LogP contribution in [0.4, 0.5) is 5.82 Å². The van der Waals surface area contributed by atoms with E-state index >= 15 is 0 Å². The van der Waals surface area contributed by atoms with Crippen LogP contribution < -0.4 is 4.90 Å². The first-order chi connectivity index (χ1) is 17.6. The fourth-order valence-corrected chi connectivity index (χ4v) is 9.04.